The molecule has 1 unspecified atom stereocenters. The molecule has 1 heterocycles. The summed E-state index contributed by atoms with van der Waals surface area (Å²) < 4.78 is 13.0. The molecule has 0 aliphatic carbocycles. The third-order valence-corrected chi connectivity index (χ3v) is 4.43. The summed E-state index contributed by atoms with van der Waals surface area (Å²) in [5.41, 5.74) is 0.869. The minimum Gasteiger partial charge on any atom is -0.496 e. The van der Waals surface area contributed by atoms with Gasteiger partial charge in [-0.2, -0.15) is 0 Å². The molecule has 1 atom stereocenters. The van der Waals surface area contributed by atoms with Gasteiger partial charge in [-0.25, -0.2) is 4.98 Å². The largest absolute Gasteiger partial charge is 0.496 e. The summed E-state index contributed by atoms with van der Waals surface area (Å²) in [5.74, 6) is 2.21. The third-order valence-electron chi connectivity index (χ3n) is 4.43. The first-order valence-corrected chi connectivity index (χ1v) is 9.26. The van der Waals surface area contributed by atoms with Gasteiger partial charge < -0.3 is 19.4 Å². The second-order valence-electron chi connectivity index (χ2n) is 6.40. The van der Waals surface area contributed by atoms with Crippen LogP contribution in [0, 0.1) is 0 Å². The highest BCUT2D eigenvalue weighted by Gasteiger charge is 2.23. The van der Waals surface area contributed by atoms with Gasteiger partial charge in [-0.3, -0.25) is 4.79 Å². The molecule has 2 aromatic carbocycles. The second-order valence-corrected chi connectivity index (χ2v) is 6.40. The first-order chi connectivity index (χ1) is 13.7. The molecule has 0 aliphatic heterocycles. The quantitative estimate of drug-likeness (QED) is 0.578. The number of carbonyl (C=O) groups is 1. The number of nitrogens with zero attached hydrogens (tertiary/aromatic N) is 2. The van der Waals surface area contributed by atoms with E-state index >= 15 is 0 Å². The molecule has 1 N–H and O–H groups in total. The van der Waals surface area contributed by atoms with E-state index in [2.05, 4.69) is 10.3 Å². The van der Waals surface area contributed by atoms with Crippen molar-refractivity contribution < 1.29 is 14.3 Å². The van der Waals surface area contributed by atoms with Gasteiger partial charge in [0.1, 0.15) is 23.4 Å². The number of carbonyl (C=O) groups excluding carboxylic acids is 1. The molecular weight excluding hydrogens is 354 g/mol. The number of nitrogens with one attached hydrogen (secondary N) is 1. The van der Waals surface area contributed by atoms with E-state index in [0.29, 0.717) is 25.2 Å². The number of hydrogen-bond donors (Lipinski definition) is 1. The maximum absolute atomic E-state index is 12.6. The molecule has 146 valence electrons. The van der Waals surface area contributed by atoms with E-state index in [0.717, 1.165) is 17.1 Å². The van der Waals surface area contributed by atoms with Crippen molar-refractivity contribution >= 4 is 5.91 Å². The summed E-state index contributed by atoms with van der Waals surface area (Å²) in [6.45, 7) is 0.485. The normalized spacial score (nSPS) is 11.6. The second kappa shape index (κ2) is 9.60. The van der Waals surface area contributed by atoms with E-state index in [-0.39, 0.29) is 5.91 Å². The predicted octanol–water partition coefficient (Wildman–Crippen LogP) is 3.49. The fourth-order valence-electron chi connectivity index (χ4n) is 3.01. The van der Waals surface area contributed by atoms with Crippen LogP contribution in [0.1, 0.15) is 30.3 Å². The van der Waals surface area contributed by atoms with Gasteiger partial charge in [0.05, 0.1) is 13.7 Å². The minimum atomic E-state index is -0.390. The molecule has 3 aromatic rings. The fraction of sp³-hybridized carbons (Fsp3) is 0.273. The Morgan fingerprint density at radius 1 is 1.14 bits per heavy atom. The van der Waals surface area contributed by atoms with Crippen LogP contribution < -0.4 is 14.8 Å². The van der Waals surface area contributed by atoms with E-state index in [1.165, 1.54) is 0 Å². The zero-order chi connectivity index (χ0) is 19.8. The van der Waals surface area contributed by atoms with Crippen LogP contribution in [-0.4, -0.2) is 29.2 Å². The van der Waals surface area contributed by atoms with Crippen molar-refractivity contribution in [3.05, 3.63) is 78.4 Å². The highest BCUT2D eigenvalue weighted by Crippen LogP contribution is 2.29. The highest BCUT2D eigenvalue weighted by molar-refractivity contribution is 5.77. The molecule has 1 aromatic heterocycles. The summed E-state index contributed by atoms with van der Waals surface area (Å²) in [5, 5.41) is 3.09. The van der Waals surface area contributed by atoms with Gasteiger partial charge >= 0.3 is 0 Å². The van der Waals surface area contributed by atoms with E-state index < -0.39 is 6.04 Å². The van der Waals surface area contributed by atoms with Gasteiger partial charge in [-0.1, -0.05) is 36.4 Å². The van der Waals surface area contributed by atoms with Crippen molar-refractivity contribution in [2.45, 2.75) is 18.9 Å². The number of para-hydroxylation sites is 2. The van der Waals surface area contributed by atoms with Gasteiger partial charge in [0.25, 0.3) is 0 Å². The number of aryl methyl sites for hydroxylation is 1. The standard InChI is InChI=1S/C22H25N3O3/c1-25-15-14-23-22(25)21(18-11-6-7-12-19(18)27-2)24-20(26)13-8-16-28-17-9-4-3-5-10-17/h3-7,9-12,14-15,21H,8,13,16H2,1-2H3,(H,24,26). The smallest absolute Gasteiger partial charge is 0.220 e. The van der Waals surface area contributed by atoms with Crippen molar-refractivity contribution in [1.82, 2.24) is 14.9 Å². The fourth-order valence-corrected chi connectivity index (χ4v) is 3.01. The lowest BCUT2D eigenvalue weighted by atomic mass is 10.0. The van der Waals surface area contributed by atoms with Crippen LogP contribution in [0.15, 0.2) is 67.0 Å². The van der Waals surface area contributed by atoms with Gasteiger partial charge in [0.2, 0.25) is 5.91 Å². The molecule has 0 fully saturated rings. The first kappa shape index (κ1) is 19.5. The monoisotopic (exact) mass is 379 g/mol. The summed E-state index contributed by atoms with van der Waals surface area (Å²) >= 11 is 0. The number of rotatable bonds is 9. The topological polar surface area (TPSA) is 65.4 Å². The van der Waals surface area contributed by atoms with E-state index in [1.54, 1.807) is 13.3 Å². The third kappa shape index (κ3) is 4.91. The van der Waals surface area contributed by atoms with Crippen LogP contribution in [0.4, 0.5) is 0 Å². The van der Waals surface area contributed by atoms with E-state index in [4.69, 9.17) is 9.47 Å². The Morgan fingerprint density at radius 2 is 1.89 bits per heavy atom. The molecule has 6 nitrogen and oxygen atoms in total. The maximum Gasteiger partial charge on any atom is 0.220 e. The Balaban J connectivity index is 1.64. The average molecular weight is 379 g/mol. The zero-order valence-electron chi connectivity index (χ0n) is 16.2. The molecule has 1 amide bonds. The lowest BCUT2D eigenvalue weighted by Crippen LogP contribution is -2.31. The lowest BCUT2D eigenvalue weighted by Gasteiger charge is -2.21. The van der Waals surface area contributed by atoms with Crippen molar-refractivity contribution in [2.24, 2.45) is 7.05 Å². The summed E-state index contributed by atoms with van der Waals surface area (Å²) in [4.78, 5) is 17.0. The SMILES string of the molecule is COc1ccccc1C(NC(=O)CCCOc1ccccc1)c1nccn1C. The molecule has 28 heavy (non-hydrogen) atoms. The molecule has 0 bridgehead atoms. The van der Waals surface area contributed by atoms with Crippen LogP contribution in [0.2, 0.25) is 0 Å². The van der Waals surface area contributed by atoms with Crippen LogP contribution in [0.5, 0.6) is 11.5 Å². The molecule has 0 aliphatic rings. The Morgan fingerprint density at radius 3 is 2.61 bits per heavy atom. The first-order valence-electron chi connectivity index (χ1n) is 9.26. The van der Waals surface area contributed by atoms with Crippen LogP contribution in [-0.2, 0) is 11.8 Å². The lowest BCUT2D eigenvalue weighted by molar-refractivity contribution is -0.121. The highest BCUT2D eigenvalue weighted by atomic mass is 16.5. The van der Waals surface area contributed by atoms with Gasteiger partial charge in [-0.05, 0) is 24.6 Å². The number of ether oxygens (including phenoxy) is 2. The number of aromatic nitrogens is 2. The Hall–Kier alpha value is -3.28. The number of hydrogen-bond acceptors (Lipinski definition) is 4. The number of amides is 1. The zero-order valence-corrected chi connectivity index (χ0v) is 16.2. The summed E-state index contributed by atoms with van der Waals surface area (Å²) in [6, 6.07) is 16.8. The Bertz CT molecular complexity index is 893. The molecule has 0 saturated carbocycles. The van der Waals surface area contributed by atoms with E-state index in [1.807, 2.05) is 72.4 Å². The molecule has 0 saturated heterocycles. The summed E-state index contributed by atoms with van der Waals surface area (Å²) in [7, 11) is 3.53. The van der Waals surface area contributed by atoms with Crippen LogP contribution >= 0.6 is 0 Å². The number of imidazole rings is 1. The molecule has 6 heteroatoms. The predicted molar refractivity (Wildman–Crippen MR) is 107 cm³/mol. The average Bonchev–Trinajstić information content (AvgIpc) is 3.16. The molecule has 0 radical (unpaired) electrons. The van der Waals surface area contributed by atoms with Crippen LogP contribution in [0.3, 0.4) is 0 Å². The Kier molecular flexibility index (Phi) is 6.68. The van der Waals surface area contributed by atoms with Gasteiger partial charge in [-0.15, -0.1) is 0 Å². The Labute approximate surface area is 165 Å². The summed E-state index contributed by atoms with van der Waals surface area (Å²) in [6.07, 6.45) is 4.57. The van der Waals surface area contributed by atoms with Gasteiger partial charge in [0, 0.05) is 31.4 Å². The van der Waals surface area contributed by atoms with Crippen molar-refractivity contribution in [2.75, 3.05) is 13.7 Å². The molecular formula is C22H25N3O3. The number of methoxy groups -OCH3 is 1. The van der Waals surface area contributed by atoms with Crippen molar-refractivity contribution in [1.29, 1.82) is 0 Å². The van der Waals surface area contributed by atoms with E-state index in [9.17, 15) is 4.79 Å². The van der Waals surface area contributed by atoms with Crippen LogP contribution in [0.25, 0.3) is 0 Å². The maximum atomic E-state index is 12.6. The molecule has 3 rings (SSSR count). The van der Waals surface area contributed by atoms with Crippen molar-refractivity contribution in [3.8, 4) is 11.5 Å². The minimum absolute atomic E-state index is 0.0597. The number of benzene rings is 2. The van der Waals surface area contributed by atoms with Crippen molar-refractivity contribution in [3.63, 3.8) is 0 Å². The van der Waals surface area contributed by atoms with Gasteiger partial charge in [0.15, 0.2) is 0 Å². The molecule has 0 spiro atoms.